The maximum atomic E-state index is 11.4. The van der Waals surface area contributed by atoms with Gasteiger partial charge in [-0.3, -0.25) is 4.79 Å². The van der Waals surface area contributed by atoms with Crippen LogP contribution in [0.4, 0.5) is 0 Å². The standard InChI is InChI=1S/C17H32O2.C4H8O2/c1-2-3-14-17(19)15-12-10-8-6-4-5-7-9-11-13-16-18;1-2-6-4-3-5-1/h16H,2-15H2,1H3;1-4H2. The number of aldehydes is 1. The Kier molecular flexibility index (Phi) is 20.7. The van der Waals surface area contributed by atoms with Crippen molar-refractivity contribution in [2.75, 3.05) is 26.4 Å². The predicted molar refractivity (Wildman–Crippen MR) is 103 cm³/mol. The van der Waals surface area contributed by atoms with Gasteiger partial charge in [0, 0.05) is 19.3 Å². The van der Waals surface area contributed by atoms with Crippen molar-refractivity contribution in [1.82, 2.24) is 0 Å². The van der Waals surface area contributed by atoms with E-state index in [0.717, 1.165) is 77.7 Å². The number of rotatable bonds is 15. The summed E-state index contributed by atoms with van der Waals surface area (Å²) in [6.45, 7) is 5.24. The third kappa shape index (κ3) is 21.2. The molecule has 0 aliphatic carbocycles. The van der Waals surface area contributed by atoms with Gasteiger partial charge in [-0.2, -0.15) is 0 Å². The molecule has 0 aromatic rings. The van der Waals surface area contributed by atoms with Gasteiger partial charge in [-0.15, -0.1) is 0 Å². The first-order chi connectivity index (χ1) is 12.3. The van der Waals surface area contributed by atoms with E-state index in [4.69, 9.17) is 9.47 Å². The molecule has 0 radical (unpaired) electrons. The quantitative estimate of drug-likeness (QED) is 0.296. The molecule has 0 saturated carbocycles. The van der Waals surface area contributed by atoms with Gasteiger partial charge in [-0.05, 0) is 19.3 Å². The predicted octanol–water partition coefficient (Wildman–Crippen LogP) is 5.27. The Labute approximate surface area is 155 Å². The monoisotopic (exact) mass is 356 g/mol. The molecule has 0 N–H and O–H groups in total. The number of hydrogen-bond donors (Lipinski definition) is 0. The number of carbonyl (C=O) groups excluding carboxylic acids is 2. The van der Waals surface area contributed by atoms with E-state index >= 15 is 0 Å². The van der Waals surface area contributed by atoms with E-state index in [1.807, 2.05) is 0 Å². The van der Waals surface area contributed by atoms with Crippen molar-refractivity contribution in [2.45, 2.75) is 96.8 Å². The van der Waals surface area contributed by atoms with Gasteiger partial charge in [0.15, 0.2) is 0 Å². The molecule has 0 unspecified atom stereocenters. The van der Waals surface area contributed by atoms with Crippen LogP contribution in [0, 0.1) is 0 Å². The molecule has 1 saturated heterocycles. The van der Waals surface area contributed by atoms with Crippen molar-refractivity contribution >= 4 is 12.1 Å². The molecule has 0 bridgehead atoms. The summed E-state index contributed by atoms with van der Waals surface area (Å²) in [6, 6.07) is 0. The lowest BCUT2D eigenvalue weighted by molar-refractivity contribution is -0.119. The van der Waals surface area contributed by atoms with Crippen LogP contribution in [-0.4, -0.2) is 38.5 Å². The summed E-state index contributed by atoms with van der Waals surface area (Å²) in [4.78, 5) is 21.6. The smallest absolute Gasteiger partial charge is 0.132 e. The molecule has 1 rings (SSSR count). The van der Waals surface area contributed by atoms with Gasteiger partial charge in [-0.1, -0.05) is 58.3 Å². The minimum Gasteiger partial charge on any atom is -0.377 e. The van der Waals surface area contributed by atoms with Gasteiger partial charge in [0.05, 0.1) is 26.4 Å². The Morgan fingerprint density at radius 1 is 0.720 bits per heavy atom. The Morgan fingerprint density at radius 3 is 1.60 bits per heavy atom. The summed E-state index contributed by atoms with van der Waals surface area (Å²) < 4.78 is 9.89. The molecule has 1 aliphatic heterocycles. The minimum absolute atomic E-state index is 0.456. The fourth-order valence-electron chi connectivity index (χ4n) is 2.73. The van der Waals surface area contributed by atoms with Crippen LogP contribution in [0.3, 0.4) is 0 Å². The Morgan fingerprint density at radius 2 is 1.16 bits per heavy atom. The van der Waals surface area contributed by atoms with E-state index in [-0.39, 0.29) is 0 Å². The van der Waals surface area contributed by atoms with E-state index in [9.17, 15) is 9.59 Å². The number of unbranched alkanes of at least 4 members (excludes halogenated alkanes) is 10. The summed E-state index contributed by atoms with van der Waals surface area (Å²) in [5, 5.41) is 0. The molecular formula is C21H40O4. The highest BCUT2D eigenvalue weighted by Gasteiger charge is 2.00. The van der Waals surface area contributed by atoms with E-state index in [1.165, 1.54) is 44.9 Å². The number of ether oxygens (including phenoxy) is 2. The summed E-state index contributed by atoms with van der Waals surface area (Å²) in [6.07, 6.45) is 16.5. The van der Waals surface area contributed by atoms with E-state index in [1.54, 1.807) is 0 Å². The third-order valence-corrected chi connectivity index (χ3v) is 4.33. The van der Waals surface area contributed by atoms with Crippen LogP contribution in [0.1, 0.15) is 96.8 Å². The molecule has 25 heavy (non-hydrogen) atoms. The topological polar surface area (TPSA) is 52.6 Å². The SMILES string of the molecule is C1COCCO1.CCCCC(=O)CCCCCCCCCCCC=O. The van der Waals surface area contributed by atoms with Crippen LogP contribution in [0.5, 0.6) is 0 Å². The van der Waals surface area contributed by atoms with Gasteiger partial charge in [0.1, 0.15) is 12.1 Å². The lowest BCUT2D eigenvalue weighted by Crippen LogP contribution is -2.16. The first-order valence-electron chi connectivity index (χ1n) is 10.4. The van der Waals surface area contributed by atoms with Crippen molar-refractivity contribution in [3.05, 3.63) is 0 Å². The number of hydrogen-bond acceptors (Lipinski definition) is 4. The second-order valence-electron chi connectivity index (χ2n) is 6.75. The second-order valence-corrected chi connectivity index (χ2v) is 6.75. The largest absolute Gasteiger partial charge is 0.377 e. The first kappa shape index (κ1) is 24.3. The zero-order valence-electron chi connectivity index (χ0n) is 16.4. The van der Waals surface area contributed by atoms with Crippen LogP contribution in [0.2, 0.25) is 0 Å². The maximum absolute atomic E-state index is 11.4. The second kappa shape index (κ2) is 21.3. The molecule has 0 atom stereocenters. The Bertz CT molecular complexity index is 276. The van der Waals surface area contributed by atoms with E-state index in [0.29, 0.717) is 5.78 Å². The van der Waals surface area contributed by atoms with Gasteiger partial charge >= 0.3 is 0 Å². The first-order valence-corrected chi connectivity index (χ1v) is 10.4. The summed E-state index contributed by atoms with van der Waals surface area (Å²) in [7, 11) is 0. The van der Waals surface area contributed by atoms with Crippen LogP contribution < -0.4 is 0 Å². The highest BCUT2D eigenvalue weighted by Crippen LogP contribution is 2.12. The van der Waals surface area contributed by atoms with Crippen molar-refractivity contribution < 1.29 is 19.1 Å². The molecule has 1 heterocycles. The summed E-state index contributed by atoms with van der Waals surface area (Å²) in [5.41, 5.74) is 0. The third-order valence-electron chi connectivity index (χ3n) is 4.33. The van der Waals surface area contributed by atoms with Crippen molar-refractivity contribution in [3.8, 4) is 0 Å². The van der Waals surface area contributed by atoms with Crippen molar-refractivity contribution in [2.24, 2.45) is 0 Å². The zero-order valence-corrected chi connectivity index (χ0v) is 16.4. The van der Waals surface area contributed by atoms with Crippen molar-refractivity contribution in [3.63, 3.8) is 0 Å². The average Bonchev–Trinajstić information content (AvgIpc) is 2.66. The van der Waals surface area contributed by atoms with E-state index < -0.39 is 0 Å². The molecular weight excluding hydrogens is 316 g/mol. The highest BCUT2D eigenvalue weighted by molar-refractivity contribution is 5.78. The molecule has 0 aromatic heterocycles. The van der Waals surface area contributed by atoms with Gasteiger partial charge in [0.2, 0.25) is 0 Å². The van der Waals surface area contributed by atoms with Gasteiger partial charge < -0.3 is 14.3 Å². The molecule has 148 valence electrons. The maximum Gasteiger partial charge on any atom is 0.132 e. The molecule has 1 fully saturated rings. The molecule has 4 heteroatoms. The molecule has 0 spiro atoms. The van der Waals surface area contributed by atoms with Crippen LogP contribution in [-0.2, 0) is 19.1 Å². The number of ketones is 1. The van der Waals surface area contributed by atoms with Gasteiger partial charge in [0.25, 0.3) is 0 Å². The lowest BCUT2D eigenvalue weighted by Gasteiger charge is -2.09. The summed E-state index contributed by atoms with van der Waals surface area (Å²) >= 11 is 0. The normalized spacial score (nSPS) is 13.8. The summed E-state index contributed by atoms with van der Waals surface area (Å²) in [5.74, 6) is 0.456. The van der Waals surface area contributed by atoms with Crippen LogP contribution in [0.15, 0.2) is 0 Å². The zero-order chi connectivity index (χ0) is 18.4. The van der Waals surface area contributed by atoms with Crippen LogP contribution in [0.25, 0.3) is 0 Å². The average molecular weight is 357 g/mol. The molecule has 0 aromatic carbocycles. The van der Waals surface area contributed by atoms with Gasteiger partial charge in [-0.25, -0.2) is 0 Å². The van der Waals surface area contributed by atoms with Crippen LogP contribution >= 0.6 is 0 Å². The highest BCUT2D eigenvalue weighted by atomic mass is 16.6. The molecule has 1 aliphatic rings. The fourth-order valence-corrected chi connectivity index (χ4v) is 2.73. The number of carbonyl (C=O) groups is 2. The Balaban J connectivity index is 0.000000796. The minimum atomic E-state index is 0.456. The van der Waals surface area contributed by atoms with E-state index in [2.05, 4.69) is 6.92 Å². The Hall–Kier alpha value is -0.740. The fraction of sp³-hybridized carbons (Fsp3) is 0.905. The molecule has 4 nitrogen and oxygen atoms in total. The van der Waals surface area contributed by atoms with Crippen molar-refractivity contribution in [1.29, 1.82) is 0 Å². The molecule has 0 amide bonds. The lowest BCUT2D eigenvalue weighted by atomic mass is 10.0. The number of Topliss-reactive ketones (excluding diaryl/α,β-unsaturated/α-hetero) is 1.